The highest BCUT2D eigenvalue weighted by atomic mass is 32.2. The van der Waals surface area contributed by atoms with Gasteiger partial charge in [-0.1, -0.05) is 37.4 Å². The van der Waals surface area contributed by atoms with Crippen LogP contribution in [0.2, 0.25) is 0 Å². The van der Waals surface area contributed by atoms with Gasteiger partial charge in [-0.2, -0.15) is 13.1 Å². The van der Waals surface area contributed by atoms with Gasteiger partial charge in [0.05, 0.1) is 10.3 Å². The van der Waals surface area contributed by atoms with Gasteiger partial charge in [0, 0.05) is 29.9 Å². The molecule has 30 heavy (non-hydrogen) atoms. The molecule has 0 fully saturated rings. The Hall–Kier alpha value is -1.69. The number of halogens is 2. The number of carbonyl (C=O) groups is 1. The number of pyridine rings is 1. The van der Waals surface area contributed by atoms with Crippen LogP contribution in [0.4, 0.5) is 14.5 Å². The first-order valence-corrected chi connectivity index (χ1v) is 12.4. The van der Waals surface area contributed by atoms with Crippen molar-refractivity contribution in [2.75, 3.05) is 18.4 Å². The number of benzene rings is 1. The minimum atomic E-state index is -3.58. The maximum absolute atomic E-state index is 12.5. The summed E-state index contributed by atoms with van der Waals surface area (Å²) in [5, 5.41) is 2.73. The molecular weight excluding hydrogens is 452 g/mol. The number of anilines is 1. The third-order valence-corrected chi connectivity index (χ3v) is 7.87. The number of sulfonamides is 1. The van der Waals surface area contributed by atoms with Crippen molar-refractivity contribution in [3.63, 3.8) is 0 Å². The molecule has 1 heterocycles. The summed E-state index contributed by atoms with van der Waals surface area (Å²) < 4.78 is 51.1. The second kappa shape index (κ2) is 11.1. The van der Waals surface area contributed by atoms with Crippen molar-refractivity contribution in [3.8, 4) is 0 Å². The third kappa shape index (κ3) is 6.66. The highest BCUT2D eigenvalue weighted by Crippen LogP contribution is 2.27. The van der Waals surface area contributed by atoms with E-state index in [1.165, 1.54) is 40.5 Å². The van der Waals surface area contributed by atoms with Gasteiger partial charge < -0.3 is 5.32 Å². The molecule has 1 atom stereocenters. The predicted octanol–water partition coefficient (Wildman–Crippen LogP) is 4.55. The van der Waals surface area contributed by atoms with Crippen molar-refractivity contribution in [3.05, 3.63) is 42.6 Å². The topological polar surface area (TPSA) is 79.4 Å². The van der Waals surface area contributed by atoms with Crippen LogP contribution in [0.1, 0.15) is 20.8 Å². The monoisotopic (exact) mass is 475 g/mol. The first kappa shape index (κ1) is 24.6. The van der Waals surface area contributed by atoms with Crippen LogP contribution in [0.25, 0.3) is 0 Å². The van der Waals surface area contributed by atoms with Crippen molar-refractivity contribution < 1.29 is 22.0 Å². The van der Waals surface area contributed by atoms with Crippen LogP contribution < -0.4 is 5.32 Å². The molecule has 1 aromatic heterocycles. The van der Waals surface area contributed by atoms with Crippen LogP contribution in [-0.2, 0) is 14.8 Å². The van der Waals surface area contributed by atoms with E-state index in [-0.39, 0.29) is 10.8 Å². The zero-order valence-electron chi connectivity index (χ0n) is 16.7. The fraction of sp³-hybridized carbons (Fsp3) is 0.368. The van der Waals surface area contributed by atoms with E-state index in [0.717, 1.165) is 0 Å². The number of hydrogen-bond acceptors (Lipinski definition) is 6. The fourth-order valence-corrected chi connectivity index (χ4v) is 5.19. The van der Waals surface area contributed by atoms with Crippen molar-refractivity contribution >= 4 is 45.1 Å². The van der Waals surface area contributed by atoms with Crippen LogP contribution in [0.15, 0.2) is 57.4 Å². The molecule has 0 aliphatic carbocycles. The van der Waals surface area contributed by atoms with Gasteiger partial charge in [0.2, 0.25) is 15.9 Å². The first-order chi connectivity index (χ1) is 14.2. The van der Waals surface area contributed by atoms with E-state index < -0.39 is 21.0 Å². The van der Waals surface area contributed by atoms with Gasteiger partial charge in [-0.3, -0.25) is 4.79 Å². The van der Waals surface area contributed by atoms with Gasteiger partial charge in [-0.15, -0.1) is 0 Å². The van der Waals surface area contributed by atoms with Gasteiger partial charge in [-0.05, 0) is 43.3 Å². The molecule has 164 valence electrons. The van der Waals surface area contributed by atoms with Crippen LogP contribution in [0.3, 0.4) is 0 Å². The smallest absolute Gasteiger partial charge is 0.288 e. The number of nitrogens with zero attached hydrogens (tertiary/aromatic N) is 2. The Kier molecular flexibility index (Phi) is 9.08. The number of thioether (sulfide) groups is 2. The summed E-state index contributed by atoms with van der Waals surface area (Å²) in [5.41, 5.74) is 0.500. The summed E-state index contributed by atoms with van der Waals surface area (Å²) in [7, 11) is -3.58. The molecule has 0 spiro atoms. The zero-order valence-corrected chi connectivity index (χ0v) is 19.2. The number of nitrogens with one attached hydrogen (secondary N) is 1. The Bertz CT molecular complexity index is 936. The number of rotatable bonds is 10. The lowest BCUT2D eigenvalue weighted by Gasteiger charge is -2.18. The average Bonchev–Trinajstić information content (AvgIpc) is 2.70. The van der Waals surface area contributed by atoms with Crippen LogP contribution in [-0.4, -0.2) is 47.7 Å². The highest BCUT2D eigenvalue weighted by molar-refractivity contribution is 8.00. The number of hydrogen-bond donors (Lipinski definition) is 1. The molecule has 0 aliphatic rings. The molecule has 6 nitrogen and oxygen atoms in total. The molecule has 1 N–H and O–H groups in total. The van der Waals surface area contributed by atoms with Gasteiger partial charge in [0.25, 0.3) is 5.76 Å². The molecule has 1 amide bonds. The van der Waals surface area contributed by atoms with E-state index in [1.807, 2.05) is 0 Å². The summed E-state index contributed by atoms with van der Waals surface area (Å²) in [6.45, 7) is 5.97. The molecule has 1 aromatic carbocycles. The van der Waals surface area contributed by atoms with Gasteiger partial charge in [0.15, 0.2) is 0 Å². The lowest BCUT2D eigenvalue weighted by molar-refractivity contribution is -0.115. The van der Waals surface area contributed by atoms with E-state index in [0.29, 0.717) is 40.5 Å². The number of carbonyl (C=O) groups excluding carboxylic acids is 1. The zero-order chi connectivity index (χ0) is 22.3. The molecule has 0 saturated carbocycles. The quantitative estimate of drug-likeness (QED) is 0.508. The van der Waals surface area contributed by atoms with Gasteiger partial charge >= 0.3 is 0 Å². The number of amides is 1. The Morgan fingerprint density at radius 1 is 1.10 bits per heavy atom. The van der Waals surface area contributed by atoms with Gasteiger partial charge in [-0.25, -0.2) is 13.4 Å². The maximum Gasteiger partial charge on any atom is 0.288 e. The van der Waals surface area contributed by atoms with Crippen molar-refractivity contribution in [2.24, 2.45) is 0 Å². The number of alkyl halides is 2. The van der Waals surface area contributed by atoms with E-state index >= 15 is 0 Å². The molecule has 1 unspecified atom stereocenters. The molecule has 2 rings (SSSR count). The molecule has 0 bridgehead atoms. The Morgan fingerprint density at radius 3 is 2.23 bits per heavy atom. The molecule has 11 heteroatoms. The lowest BCUT2D eigenvalue weighted by atomic mass is 10.3. The molecule has 0 saturated heterocycles. The third-order valence-electron chi connectivity index (χ3n) is 4.07. The average molecular weight is 476 g/mol. The fourth-order valence-electron chi connectivity index (χ4n) is 2.50. The maximum atomic E-state index is 12.5. The summed E-state index contributed by atoms with van der Waals surface area (Å²) in [6, 6.07) is 9.20. The Morgan fingerprint density at radius 2 is 1.73 bits per heavy atom. The normalized spacial score (nSPS) is 12.9. The molecule has 2 aromatic rings. The first-order valence-electron chi connectivity index (χ1n) is 9.16. The molecule has 0 radical (unpaired) electrons. The second-order valence-electron chi connectivity index (χ2n) is 6.07. The van der Waals surface area contributed by atoms with Crippen LogP contribution in [0.5, 0.6) is 0 Å². The van der Waals surface area contributed by atoms with E-state index in [4.69, 9.17) is 0 Å². The van der Waals surface area contributed by atoms with Crippen molar-refractivity contribution in [2.45, 2.75) is 46.6 Å². The summed E-state index contributed by atoms with van der Waals surface area (Å²) in [5.74, 6) is -2.78. The Labute approximate surface area is 183 Å². The predicted molar refractivity (Wildman–Crippen MR) is 117 cm³/mol. The highest BCUT2D eigenvalue weighted by Gasteiger charge is 2.22. The minimum absolute atomic E-state index is 0.106. The van der Waals surface area contributed by atoms with E-state index in [2.05, 4.69) is 10.3 Å². The molecular formula is C19H23F2N3O3S3. The SMILES string of the molecule is CCN(CC)S(=O)(=O)c1ccc(SC(C)C(=O)Nc2ccc(SC(F)F)cc2)nc1. The van der Waals surface area contributed by atoms with Crippen LogP contribution in [0, 0.1) is 0 Å². The minimum Gasteiger partial charge on any atom is -0.325 e. The molecule has 0 aliphatic heterocycles. The summed E-state index contributed by atoms with van der Waals surface area (Å²) in [4.78, 5) is 17.1. The van der Waals surface area contributed by atoms with Crippen molar-refractivity contribution in [1.29, 1.82) is 0 Å². The summed E-state index contributed by atoms with van der Waals surface area (Å²) >= 11 is 1.62. The Balaban J connectivity index is 1.98. The number of aromatic nitrogens is 1. The standard InChI is InChI=1S/C19H23F2N3O3S3/c1-4-24(5-2)30(26,27)16-10-11-17(22-12-16)28-13(3)18(25)23-14-6-8-15(9-7-14)29-19(20)21/h6-13,19H,4-5H2,1-3H3,(H,23,25). The summed E-state index contributed by atoms with van der Waals surface area (Å²) in [6.07, 6.45) is 1.29. The lowest BCUT2D eigenvalue weighted by Crippen LogP contribution is -2.30. The van der Waals surface area contributed by atoms with E-state index in [9.17, 15) is 22.0 Å². The van der Waals surface area contributed by atoms with E-state index in [1.54, 1.807) is 39.0 Å². The largest absolute Gasteiger partial charge is 0.325 e. The van der Waals surface area contributed by atoms with Crippen molar-refractivity contribution in [1.82, 2.24) is 9.29 Å². The second-order valence-corrected chi connectivity index (χ2v) is 10.4. The van der Waals surface area contributed by atoms with Crippen LogP contribution >= 0.6 is 23.5 Å². The van der Waals surface area contributed by atoms with Gasteiger partial charge in [0.1, 0.15) is 4.90 Å².